The highest BCUT2D eigenvalue weighted by Gasteiger charge is 2.24. The molecule has 0 unspecified atom stereocenters. The van der Waals surface area contributed by atoms with Crippen LogP contribution in [0.4, 0.5) is 0 Å². The molecule has 0 saturated carbocycles. The zero-order valence-corrected chi connectivity index (χ0v) is 27.2. The second kappa shape index (κ2) is 14.4. The number of hydrogen-bond acceptors (Lipinski definition) is 4. The third-order valence-electron chi connectivity index (χ3n) is 7.72. The molecule has 0 atom stereocenters. The van der Waals surface area contributed by atoms with Crippen LogP contribution in [0.25, 0.3) is 34.4 Å². The van der Waals surface area contributed by atoms with E-state index in [0.717, 1.165) is 112 Å². The van der Waals surface area contributed by atoms with Gasteiger partial charge in [0.25, 0.3) is 11.0 Å². The summed E-state index contributed by atoms with van der Waals surface area (Å²) in [7, 11) is 0. The number of unbranched alkanes of at least 4 members (excludes halogenated alkanes) is 4. The van der Waals surface area contributed by atoms with Crippen molar-refractivity contribution in [2.24, 2.45) is 0 Å². The molecule has 4 aromatic rings. The number of aryl methyl sites for hydroxylation is 2. The van der Waals surface area contributed by atoms with Gasteiger partial charge >= 0.3 is 11.8 Å². The molecule has 10 heteroatoms. The van der Waals surface area contributed by atoms with E-state index in [1.54, 1.807) is 12.1 Å². The molecule has 0 radical (unpaired) electrons. The molecular weight excluding hydrogens is 614 g/mol. The third kappa shape index (κ3) is 7.21. The van der Waals surface area contributed by atoms with E-state index < -0.39 is 0 Å². The first kappa shape index (κ1) is 31.1. The highest BCUT2D eigenvalue weighted by molar-refractivity contribution is 6.43. The summed E-state index contributed by atoms with van der Waals surface area (Å²) in [5.41, 5.74) is 3.43. The lowest BCUT2D eigenvalue weighted by Crippen LogP contribution is -2.41. The van der Waals surface area contributed by atoms with E-state index in [4.69, 9.17) is 55.2 Å². The molecule has 0 bridgehead atoms. The zero-order valence-electron chi connectivity index (χ0n) is 24.2. The summed E-state index contributed by atoms with van der Waals surface area (Å²) in [4.78, 5) is 4.65. The van der Waals surface area contributed by atoms with Gasteiger partial charge in [0.05, 0.1) is 32.2 Å². The number of rotatable bonds is 12. The number of oxazole rings is 2. The molecule has 2 aromatic heterocycles. The second-order valence-electron chi connectivity index (χ2n) is 10.8. The summed E-state index contributed by atoms with van der Waals surface area (Å²) in [6.45, 7) is 9.75. The predicted molar refractivity (Wildman–Crippen MR) is 173 cm³/mol. The first-order valence-corrected chi connectivity index (χ1v) is 16.4. The normalized spacial score (nSPS) is 14.5. The summed E-state index contributed by atoms with van der Waals surface area (Å²) >= 11 is 25.2. The number of hydrogen-bond donors (Lipinski definition) is 0. The first-order valence-electron chi connectivity index (χ1n) is 14.8. The van der Waals surface area contributed by atoms with E-state index in [1.807, 2.05) is 12.1 Å². The Balaban J connectivity index is 1.26. The van der Waals surface area contributed by atoms with E-state index in [-0.39, 0.29) is 0 Å². The molecule has 1 aliphatic heterocycles. The molecule has 5 rings (SSSR count). The molecule has 1 saturated heterocycles. The fraction of sp³-hybridized carbons (Fsp3) is 0.438. The van der Waals surface area contributed by atoms with Crippen LogP contribution in [0, 0.1) is 0 Å². The van der Waals surface area contributed by atoms with Gasteiger partial charge in [-0.3, -0.25) is 0 Å². The minimum atomic E-state index is 0.500. The van der Waals surface area contributed by atoms with Crippen LogP contribution < -0.4 is 9.13 Å². The first-order chi connectivity index (χ1) is 20.4. The molecular formula is C32H38Cl4N4O2+2. The maximum atomic E-state index is 6.34. The number of piperazine rings is 1. The van der Waals surface area contributed by atoms with Gasteiger partial charge < -0.3 is 18.6 Å². The van der Waals surface area contributed by atoms with Gasteiger partial charge in [0.2, 0.25) is 11.2 Å². The van der Waals surface area contributed by atoms with E-state index in [1.165, 1.54) is 0 Å². The Bertz CT molecular complexity index is 1470. The highest BCUT2D eigenvalue weighted by atomic mass is 35.5. The van der Waals surface area contributed by atoms with Crippen molar-refractivity contribution in [3.05, 3.63) is 68.5 Å². The summed E-state index contributed by atoms with van der Waals surface area (Å²) in [5, 5.41) is 2.08. The Morgan fingerprint density at radius 3 is 1.38 bits per heavy atom. The van der Waals surface area contributed by atoms with Gasteiger partial charge in [-0.05, 0) is 12.8 Å². The number of halogens is 4. The van der Waals surface area contributed by atoms with Gasteiger partial charge in [0.15, 0.2) is 13.1 Å². The Kier molecular flexibility index (Phi) is 10.6. The molecule has 1 aliphatic rings. The van der Waals surface area contributed by atoms with Crippen molar-refractivity contribution in [2.45, 2.75) is 65.5 Å². The van der Waals surface area contributed by atoms with Crippen LogP contribution >= 0.6 is 46.4 Å². The van der Waals surface area contributed by atoms with Crippen molar-refractivity contribution in [1.29, 1.82) is 0 Å². The van der Waals surface area contributed by atoms with E-state index in [9.17, 15) is 0 Å². The van der Waals surface area contributed by atoms with Gasteiger partial charge in [-0.1, -0.05) is 73.1 Å². The van der Waals surface area contributed by atoms with Crippen LogP contribution in [0.15, 0.2) is 45.5 Å². The maximum Gasteiger partial charge on any atom is 0.375 e. The van der Waals surface area contributed by atoms with Crippen molar-refractivity contribution < 1.29 is 18.0 Å². The molecule has 0 N–H and O–H groups in total. The van der Waals surface area contributed by atoms with E-state index >= 15 is 0 Å². The van der Waals surface area contributed by atoms with Crippen molar-refractivity contribution in [3.8, 4) is 0 Å². The number of benzene rings is 2. The van der Waals surface area contributed by atoms with Crippen LogP contribution in [0.5, 0.6) is 0 Å². The summed E-state index contributed by atoms with van der Waals surface area (Å²) in [6, 6.07) is 7.40. The van der Waals surface area contributed by atoms with Crippen LogP contribution in [-0.4, -0.2) is 36.0 Å². The van der Waals surface area contributed by atoms with E-state index in [2.05, 4.69) is 57.3 Å². The second-order valence-corrected chi connectivity index (χ2v) is 12.4. The molecule has 224 valence electrons. The Hall–Kier alpha value is -2.38. The van der Waals surface area contributed by atoms with Crippen molar-refractivity contribution in [3.63, 3.8) is 0 Å². The lowest BCUT2D eigenvalue weighted by atomic mass is 10.2. The van der Waals surface area contributed by atoms with Crippen molar-refractivity contribution >= 4 is 80.8 Å². The minimum absolute atomic E-state index is 0.500. The third-order valence-corrected chi connectivity index (χ3v) is 9.17. The van der Waals surface area contributed by atoms with Crippen LogP contribution in [-0.2, 0) is 13.1 Å². The maximum absolute atomic E-state index is 6.34. The Morgan fingerprint density at radius 1 is 0.619 bits per heavy atom. The van der Waals surface area contributed by atoms with Gasteiger partial charge in [-0.2, -0.15) is 9.13 Å². The Labute approximate surface area is 267 Å². The van der Waals surface area contributed by atoms with Gasteiger partial charge in [0.1, 0.15) is 0 Å². The molecule has 42 heavy (non-hydrogen) atoms. The van der Waals surface area contributed by atoms with Gasteiger partial charge in [-0.25, -0.2) is 0 Å². The SMILES string of the molecule is CCCCC[n+]1c(C=CN2CCN(C=Cc3oc4cc(Cl)c(Cl)cc4[n+]3CCCCC)CC2)oc2cc(Cl)c(Cl)cc21. The molecule has 6 nitrogen and oxygen atoms in total. The minimum Gasteiger partial charge on any atom is -0.398 e. The summed E-state index contributed by atoms with van der Waals surface area (Å²) in [5.74, 6) is 1.61. The quantitative estimate of drug-likeness (QED) is 0.113. The predicted octanol–water partition coefficient (Wildman–Crippen LogP) is 9.01. The molecule has 2 aromatic carbocycles. The smallest absolute Gasteiger partial charge is 0.375 e. The standard InChI is InChI=1S/C32H38Cl4N4O2/c1-3-5-7-11-39-27-19-23(33)25(35)21-29(27)41-31(39)9-13-37-15-17-38(18-16-37)14-10-32-40(12-8-6-4-2)28-20-24(34)26(36)22-30(28)42-32/h9-10,13-14,19-22H,3-8,11-12,15-18H2,1-2H3/q+2. The van der Waals surface area contributed by atoms with E-state index in [0.29, 0.717) is 20.1 Å². The van der Waals surface area contributed by atoms with Gasteiger partial charge in [-0.15, -0.1) is 0 Å². The average Bonchev–Trinajstić information content (AvgIpc) is 3.48. The molecule has 0 spiro atoms. The molecule has 0 amide bonds. The van der Waals surface area contributed by atoms with Crippen molar-refractivity contribution in [2.75, 3.05) is 26.2 Å². The number of fused-ring (bicyclic) bond motifs is 2. The molecule has 3 heterocycles. The fourth-order valence-electron chi connectivity index (χ4n) is 5.32. The highest BCUT2D eigenvalue weighted by Crippen LogP contribution is 2.29. The zero-order chi connectivity index (χ0) is 29.6. The summed E-state index contributed by atoms with van der Waals surface area (Å²) < 4.78 is 16.8. The fourth-order valence-corrected chi connectivity index (χ4v) is 5.94. The Morgan fingerprint density at radius 2 is 1.00 bits per heavy atom. The lowest BCUT2D eigenvalue weighted by Gasteiger charge is -2.33. The lowest BCUT2D eigenvalue weighted by molar-refractivity contribution is -0.678. The molecule has 0 aliphatic carbocycles. The summed E-state index contributed by atoms with van der Waals surface area (Å²) in [6.07, 6.45) is 15.2. The van der Waals surface area contributed by atoms with Crippen LogP contribution in [0.2, 0.25) is 20.1 Å². The topological polar surface area (TPSA) is 40.5 Å². The monoisotopic (exact) mass is 650 g/mol. The molecule has 1 fully saturated rings. The average molecular weight is 652 g/mol. The largest absolute Gasteiger partial charge is 0.398 e. The van der Waals surface area contributed by atoms with Crippen LogP contribution in [0.3, 0.4) is 0 Å². The van der Waals surface area contributed by atoms with Gasteiger partial charge in [0, 0.05) is 75.7 Å². The van der Waals surface area contributed by atoms with Crippen LogP contribution in [0.1, 0.15) is 64.2 Å². The number of aromatic nitrogens is 2. The van der Waals surface area contributed by atoms with Crippen molar-refractivity contribution in [1.82, 2.24) is 9.80 Å². The number of nitrogens with zero attached hydrogens (tertiary/aromatic N) is 4.